The molecule has 4 heteroatoms. The molecular weight excluding hydrogens is 278 g/mol. The monoisotopic (exact) mass is 309 g/mol. The first-order chi connectivity index (χ1) is 10.5. The maximum Gasteiger partial charge on any atom is 0.222 e. The number of aliphatic hydroxyl groups is 1. The summed E-state index contributed by atoms with van der Waals surface area (Å²) in [6.07, 6.45) is 10.3. The van der Waals surface area contributed by atoms with E-state index < -0.39 is 5.60 Å². The second-order valence-corrected chi connectivity index (χ2v) is 7.25. The number of likely N-dealkylation sites (tertiary alicyclic amines) is 1. The molecule has 2 fully saturated rings. The van der Waals surface area contributed by atoms with E-state index in [-0.39, 0.29) is 17.6 Å². The second-order valence-electron chi connectivity index (χ2n) is 7.25. The van der Waals surface area contributed by atoms with E-state index in [9.17, 15) is 14.7 Å². The van der Waals surface area contributed by atoms with Crippen molar-refractivity contribution in [2.45, 2.75) is 83.2 Å². The van der Waals surface area contributed by atoms with Crippen LogP contribution in [-0.2, 0) is 9.59 Å². The van der Waals surface area contributed by atoms with Crippen LogP contribution in [0.1, 0.15) is 77.6 Å². The average molecular weight is 309 g/mol. The normalized spacial score (nSPS) is 28.3. The highest BCUT2D eigenvalue weighted by molar-refractivity contribution is 5.76. The Morgan fingerprint density at radius 2 is 1.82 bits per heavy atom. The van der Waals surface area contributed by atoms with Gasteiger partial charge in [-0.3, -0.25) is 4.79 Å². The lowest BCUT2D eigenvalue weighted by Crippen LogP contribution is -2.54. The van der Waals surface area contributed by atoms with Gasteiger partial charge in [-0.15, -0.1) is 0 Å². The molecular formula is C18H31NO3. The number of Topliss-reactive ketones (excluding diaryl/α,β-unsaturated/α-hetero) is 1. The molecule has 0 spiro atoms. The highest BCUT2D eigenvalue weighted by Crippen LogP contribution is 2.39. The van der Waals surface area contributed by atoms with Crippen molar-refractivity contribution in [1.29, 1.82) is 0 Å². The third-order valence-corrected chi connectivity index (χ3v) is 5.45. The molecule has 1 saturated carbocycles. The molecule has 2 aliphatic rings. The maximum absolute atomic E-state index is 12.3. The Bertz CT molecular complexity index is 396. The number of hydrogen-bond donors (Lipinski definition) is 1. The molecule has 0 aromatic heterocycles. The molecule has 1 heterocycles. The summed E-state index contributed by atoms with van der Waals surface area (Å²) in [6.45, 7) is 3.10. The van der Waals surface area contributed by atoms with Crippen molar-refractivity contribution in [2.24, 2.45) is 5.92 Å². The molecule has 4 nitrogen and oxygen atoms in total. The van der Waals surface area contributed by atoms with Crippen molar-refractivity contribution in [3.63, 3.8) is 0 Å². The van der Waals surface area contributed by atoms with Crippen molar-refractivity contribution in [3.8, 4) is 0 Å². The van der Waals surface area contributed by atoms with Crippen LogP contribution in [0.25, 0.3) is 0 Å². The van der Waals surface area contributed by atoms with Gasteiger partial charge in [0.25, 0.3) is 0 Å². The zero-order valence-corrected chi connectivity index (χ0v) is 14.0. The largest absolute Gasteiger partial charge is 0.389 e. The van der Waals surface area contributed by atoms with Gasteiger partial charge in [-0.25, -0.2) is 0 Å². The summed E-state index contributed by atoms with van der Waals surface area (Å²) in [5, 5.41) is 10.6. The summed E-state index contributed by atoms with van der Waals surface area (Å²) in [5.41, 5.74) is -0.498. The average Bonchev–Trinajstić information content (AvgIpc) is 2.49. The van der Waals surface area contributed by atoms with E-state index >= 15 is 0 Å². The number of rotatable bonds is 7. The molecule has 1 aliphatic carbocycles. The summed E-state index contributed by atoms with van der Waals surface area (Å²) in [4.78, 5) is 25.1. The lowest BCUT2D eigenvalue weighted by Gasteiger charge is -2.47. The Kier molecular flexibility index (Phi) is 6.42. The summed E-state index contributed by atoms with van der Waals surface area (Å²) >= 11 is 0. The zero-order chi connectivity index (χ0) is 16.0. The minimum absolute atomic E-state index is 0.249. The number of unbranched alkanes of at least 4 members (excludes halogenated alkanes) is 3. The number of amides is 1. The van der Waals surface area contributed by atoms with E-state index in [1.165, 1.54) is 6.42 Å². The zero-order valence-electron chi connectivity index (χ0n) is 14.0. The summed E-state index contributed by atoms with van der Waals surface area (Å²) in [7, 11) is 0. The quantitative estimate of drug-likeness (QED) is 0.735. The topological polar surface area (TPSA) is 57.6 Å². The Labute approximate surface area is 134 Å². The number of hydrogen-bond acceptors (Lipinski definition) is 3. The first-order valence-electron chi connectivity index (χ1n) is 9.01. The molecule has 1 N–H and O–H groups in total. The molecule has 0 aromatic rings. The summed E-state index contributed by atoms with van der Waals surface area (Å²) in [6, 6.07) is 0. The Hall–Kier alpha value is -0.900. The number of nitrogens with zero attached hydrogens (tertiary/aromatic N) is 1. The number of carbonyl (C=O) groups is 2. The molecule has 1 saturated heterocycles. The van der Waals surface area contributed by atoms with E-state index in [1.807, 2.05) is 4.90 Å². The molecule has 0 bridgehead atoms. The van der Waals surface area contributed by atoms with Crippen molar-refractivity contribution < 1.29 is 14.7 Å². The third-order valence-electron chi connectivity index (χ3n) is 5.45. The molecule has 22 heavy (non-hydrogen) atoms. The van der Waals surface area contributed by atoms with Crippen molar-refractivity contribution in [2.75, 3.05) is 13.1 Å². The van der Waals surface area contributed by atoms with Gasteiger partial charge in [0.2, 0.25) is 5.91 Å². The summed E-state index contributed by atoms with van der Waals surface area (Å²) < 4.78 is 0. The fraction of sp³-hybridized carbons (Fsp3) is 0.889. The first-order valence-corrected chi connectivity index (χ1v) is 9.01. The van der Waals surface area contributed by atoms with Crippen LogP contribution >= 0.6 is 0 Å². The minimum Gasteiger partial charge on any atom is -0.389 e. The first kappa shape index (κ1) is 17.5. The van der Waals surface area contributed by atoms with E-state index in [0.717, 1.165) is 64.5 Å². The van der Waals surface area contributed by atoms with Crippen molar-refractivity contribution in [3.05, 3.63) is 0 Å². The Balaban J connectivity index is 1.65. The second kappa shape index (κ2) is 8.09. The van der Waals surface area contributed by atoms with Gasteiger partial charge in [0.15, 0.2) is 0 Å². The highest BCUT2D eigenvalue weighted by Gasteiger charge is 2.43. The van der Waals surface area contributed by atoms with Crippen LogP contribution in [0.5, 0.6) is 0 Å². The summed E-state index contributed by atoms with van der Waals surface area (Å²) in [5.74, 6) is 0.790. The molecule has 2 rings (SSSR count). The van der Waals surface area contributed by atoms with Gasteiger partial charge in [0.1, 0.15) is 5.78 Å². The lowest BCUT2D eigenvalue weighted by atomic mass is 9.71. The standard InChI is InChI=1S/C18H31NO3/c1-15(20)8-4-2-3-5-10-17(21)19-13-12-18(22)11-7-6-9-16(18)14-19/h16,22H,2-14H2,1H3. The smallest absolute Gasteiger partial charge is 0.222 e. The third kappa shape index (κ3) is 4.80. The van der Waals surface area contributed by atoms with Crippen LogP contribution in [0.15, 0.2) is 0 Å². The van der Waals surface area contributed by atoms with Crippen LogP contribution in [0.3, 0.4) is 0 Å². The van der Waals surface area contributed by atoms with Crippen molar-refractivity contribution >= 4 is 11.7 Å². The predicted octanol–water partition coefficient (Wildman–Crippen LogP) is 3.07. The van der Waals surface area contributed by atoms with Gasteiger partial charge in [0.05, 0.1) is 5.60 Å². The minimum atomic E-state index is -0.498. The van der Waals surface area contributed by atoms with E-state index in [0.29, 0.717) is 12.8 Å². The maximum atomic E-state index is 12.3. The number of piperidine rings is 1. The molecule has 0 radical (unpaired) electrons. The number of fused-ring (bicyclic) bond motifs is 1. The molecule has 1 aliphatic heterocycles. The molecule has 126 valence electrons. The van der Waals surface area contributed by atoms with Crippen LogP contribution in [0.4, 0.5) is 0 Å². The Morgan fingerprint density at radius 3 is 2.55 bits per heavy atom. The molecule has 2 atom stereocenters. The molecule has 1 amide bonds. The van der Waals surface area contributed by atoms with Crippen molar-refractivity contribution in [1.82, 2.24) is 4.90 Å². The van der Waals surface area contributed by atoms with Crippen LogP contribution in [0, 0.1) is 5.92 Å². The molecule has 0 aromatic carbocycles. The van der Waals surface area contributed by atoms with E-state index in [4.69, 9.17) is 0 Å². The fourth-order valence-corrected chi connectivity index (χ4v) is 3.96. The van der Waals surface area contributed by atoms with Gasteiger partial charge in [-0.1, -0.05) is 25.7 Å². The van der Waals surface area contributed by atoms with Gasteiger partial charge in [0, 0.05) is 31.8 Å². The van der Waals surface area contributed by atoms with Crippen LogP contribution in [0.2, 0.25) is 0 Å². The van der Waals surface area contributed by atoms with E-state index in [2.05, 4.69) is 0 Å². The SMILES string of the molecule is CC(=O)CCCCCCC(=O)N1CCC2(O)CCCCC2C1. The molecule has 2 unspecified atom stereocenters. The fourth-order valence-electron chi connectivity index (χ4n) is 3.96. The van der Waals surface area contributed by atoms with Gasteiger partial charge in [-0.2, -0.15) is 0 Å². The van der Waals surface area contributed by atoms with Crippen LogP contribution in [-0.4, -0.2) is 40.4 Å². The van der Waals surface area contributed by atoms with Gasteiger partial charge < -0.3 is 14.8 Å². The lowest BCUT2D eigenvalue weighted by molar-refractivity contribution is -0.143. The van der Waals surface area contributed by atoms with E-state index in [1.54, 1.807) is 6.92 Å². The highest BCUT2D eigenvalue weighted by atomic mass is 16.3. The van der Waals surface area contributed by atoms with Gasteiger partial charge >= 0.3 is 0 Å². The Morgan fingerprint density at radius 1 is 1.09 bits per heavy atom. The number of carbonyl (C=O) groups excluding carboxylic acids is 2. The predicted molar refractivity (Wildman–Crippen MR) is 86.5 cm³/mol. The number of ketones is 1. The van der Waals surface area contributed by atoms with Gasteiger partial charge in [-0.05, 0) is 39.0 Å². The van der Waals surface area contributed by atoms with Crippen LogP contribution < -0.4 is 0 Å².